The Morgan fingerprint density at radius 1 is 1.29 bits per heavy atom. The summed E-state index contributed by atoms with van der Waals surface area (Å²) in [5.41, 5.74) is -5.50. The number of rotatable bonds is 3. The molecule has 2 rings (SSSR count). The Bertz CT molecular complexity index is 792. The highest BCUT2D eigenvalue weighted by Crippen LogP contribution is 2.36. The Morgan fingerprint density at radius 2 is 1.95 bits per heavy atom. The number of esters is 1. The largest absolute Gasteiger partial charge is 0.534 e. The van der Waals surface area contributed by atoms with Gasteiger partial charge in [-0.15, -0.1) is 11.3 Å². The maximum atomic E-state index is 12.2. The molecular weight excluding hydrogens is 333 g/mol. The number of hydrogen-bond donors (Lipinski definition) is 0. The van der Waals surface area contributed by atoms with Crippen molar-refractivity contribution >= 4 is 37.5 Å². The van der Waals surface area contributed by atoms with Gasteiger partial charge < -0.3 is 8.92 Å². The van der Waals surface area contributed by atoms with Gasteiger partial charge in [0.1, 0.15) is 11.5 Å². The van der Waals surface area contributed by atoms with Crippen LogP contribution in [0.15, 0.2) is 23.6 Å². The molecule has 0 spiro atoms. The first-order chi connectivity index (χ1) is 9.60. The second kappa shape index (κ2) is 5.19. The number of fused-ring (bicyclic) bond motifs is 1. The molecule has 0 aliphatic carbocycles. The third-order valence-corrected chi connectivity index (χ3v) is 4.16. The van der Waals surface area contributed by atoms with E-state index in [2.05, 4.69) is 4.18 Å². The minimum Gasteiger partial charge on any atom is -0.425 e. The van der Waals surface area contributed by atoms with Crippen LogP contribution in [0.5, 0.6) is 11.5 Å². The van der Waals surface area contributed by atoms with Gasteiger partial charge in [0.05, 0.1) is 0 Å². The second-order valence-electron chi connectivity index (χ2n) is 3.83. The van der Waals surface area contributed by atoms with Crippen molar-refractivity contribution in [1.82, 2.24) is 0 Å². The van der Waals surface area contributed by atoms with Crippen LogP contribution in [-0.2, 0) is 14.9 Å². The number of carbonyl (C=O) groups is 1. The van der Waals surface area contributed by atoms with Gasteiger partial charge in [-0.1, -0.05) is 0 Å². The molecule has 0 radical (unpaired) electrons. The topological polar surface area (TPSA) is 69.7 Å². The van der Waals surface area contributed by atoms with Crippen molar-refractivity contribution in [1.29, 1.82) is 0 Å². The summed E-state index contributed by atoms with van der Waals surface area (Å²) in [6.45, 7) is 1.21. The van der Waals surface area contributed by atoms with Gasteiger partial charge in [0.15, 0.2) is 0 Å². The van der Waals surface area contributed by atoms with Gasteiger partial charge in [0, 0.05) is 22.4 Å². The lowest BCUT2D eigenvalue weighted by atomic mass is 10.2. The first-order valence-electron chi connectivity index (χ1n) is 5.30. The first-order valence-corrected chi connectivity index (χ1v) is 7.59. The van der Waals surface area contributed by atoms with Gasteiger partial charge in [-0.25, -0.2) is 0 Å². The van der Waals surface area contributed by atoms with E-state index in [1.165, 1.54) is 18.4 Å². The summed E-state index contributed by atoms with van der Waals surface area (Å²) in [5.74, 6) is -0.779. The zero-order valence-corrected chi connectivity index (χ0v) is 11.9. The molecule has 0 bridgehead atoms. The number of thiophene rings is 1. The van der Waals surface area contributed by atoms with E-state index in [9.17, 15) is 26.4 Å². The summed E-state index contributed by atoms with van der Waals surface area (Å²) in [5, 5.41) is 1.95. The highest BCUT2D eigenvalue weighted by molar-refractivity contribution is 7.88. The zero-order chi connectivity index (χ0) is 15.8. The predicted molar refractivity (Wildman–Crippen MR) is 68.7 cm³/mol. The monoisotopic (exact) mass is 340 g/mol. The fourth-order valence-corrected chi connectivity index (χ4v) is 2.78. The van der Waals surface area contributed by atoms with Gasteiger partial charge in [-0.3, -0.25) is 4.79 Å². The van der Waals surface area contributed by atoms with Gasteiger partial charge in [-0.05, 0) is 18.2 Å². The molecule has 0 amide bonds. The molecule has 0 N–H and O–H groups in total. The summed E-state index contributed by atoms with van der Waals surface area (Å²) in [7, 11) is -5.71. The number of alkyl halides is 3. The summed E-state index contributed by atoms with van der Waals surface area (Å²) in [6.07, 6.45) is 0. The Hall–Kier alpha value is -1.81. The molecule has 0 saturated heterocycles. The fourth-order valence-electron chi connectivity index (χ4n) is 1.44. The Kier molecular flexibility index (Phi) is 3.85. The van der Waals surface area contributed by atoms with Crippen LogP contribution in [0.3, 0.4) is 0 Å². The van der Waals surface area contributed by atoms with Crippen molar-refractivity contribution in [3.8, 4) is 11.5 Å². The highest BCUT2D eigenvalue weighted by atomic mass is 32.2. The molecule has 5 nitrogen and oxygen atoms in total. The minimum absolute atomic E-state index is 0.243. The molecular formula is C11H7F3O5S2. The molecule has 2 aromatic rings. The molecule has 1 aromatic heterocycles. The number of ether oxygens (including phenoxy) is 1. The summed E-state index contributed by atoms with van der Waals surface area (Å²) < 4.78 is 67.8. The lowest BCUT2D eigenvalue weighted by Gasteiger charge is -2.09. The van der Waals surface area contributed by atoms with E-state index in [0.29, 0.717) is 10.1 Å². The molecule has 0 saturated carbocycles. The highest BCUT2D eigenvalue weighted by Gasteiger charge is 2.48. The van der Waals surface area contributed by atoms with E-state index in [-0.39, 0.29) is 5.75 Å². The Labute approximate surface area is 121 Å². The van der Waals surface area contributed by atoms with Crippen molar-refractivity contribution in [3.05, 3.63) is 23.6 Å². The average Bonchev–Trinajstić information content (AvgIpc) is 2.69. The molecule has 1 heterocycles. The van der Waals surface area contributed by atoms with E-state index in [1.54, 1.807) is 0 Å². The van der Waals surface area contributed by atoms with Crippen LogP contribution < -0.4 is 8.92 Å². The average molecular weight is 340 g/mol. The van der Waals surface area contributed by atoms with Gasteiger partial charge >= 0.3 is 21.6 Å². The molecule has 0 atom stereocenters. The SMILES string of the molecule is CC(=O)Oc1csc2cc(OS(=O)(=O)C(F)(F)F)ccc12. The lowest BCUT2D eigenvalue weighted by Crippen LogP contribution is -2.27. The number of carbonyl (C=O) groups excluding carboxylic acids is 1. The van der Waals surface area contributed by atoms with Crippen molar-refractivity contribution < 1.29 is 35.3 Å². The van der Waals surface area contributed by atoms with Crippen molar-refractivity contribution in [2.24, 2.45) is 0 Å². The van der Waals surface area contributed by atoms with Gasteiger partial charge in [0.25, 0.3) is 0 Å². The molecule has 21 heavy (non-hydrogen) atoms. The predicted octanol–water partition coefficient (Wildman–Crippen LogP) is 3.06. The van der Waals surface area contributed by atoms with Crippen molar-refractivity contribution in [2.45, 2.75) is 12.4 Å². The smallest absolute Gasteiger partial charge is 0.425 e. The fraction of sp³-hybridized carbons (Fsp3) is 0.182. The zero-order valence-electron chi connectivity index (χ0n) is 10.3. The first kappa shape index (κ1) is 15.6. The standard InChI is InChI=1S/C11H7F3O5S2/c1-6(15)18-9-5-20-10-4-7(2-3-8(9)10)19-21(16,17)11(12,13)14/h2-5H,1H3. The van der Waals surface area contributed by atoms with Crippen LogP contribution in [0.1, 0.15) is 6.92 Å². The Morgan fingerprint density at radius 3 is 2.52 bits per heavy atom. The van der Waals surface area contributed by atoms with Crippen LogP contribution in [0.4, 0.5) is 13.2 Å². The third-order valence-electron chi connectivity index (χ3n) is 2.25. The van der Waals surface area contributed by atoms with E-state index >= 15 is 0 Å². The van der Waals surface area contributed by atoms with Crippen molar-refractivity contribution in [3.63, 3.8) is 0 Å². The van der Waals surface area contributed by atoms with E-state index in [1.807, 2.05) is 0 Å². The summed E-state index contributed by atoms with van der Waals surface area (Å²) >= 11 is 1.07. The Balaban J connectivity index is 2.35. The summed E-state index contributed by atoms with van der Waals surface area (Å²) in [6, 6.07) is 3.48. The van der Waals surface area contributed by atoms with Crippen LogP contribution in [0, 0.1) is 0 Å². The van der Waals surface area contributed by atoms with Crippen LogP contribution in [0.2, 0.25) is 0 Å². The third kappa shape index (κ3) is 3.27. The van der Waals surface area contributed by atoms with E-state index < -0.39 is 27.3 Å². The molecule has 10 heteroatoms. The summed E-state index contributed by atoms with van der Waals surface area (Å²) in [4.78, 5) is 10.9. The van der Waals surface area contributed by atoms with Crippen LogP contribution in [0.25, 0.3) is 10.1 Å². The maximum absolute atomic E-state index is 12.2. The number of hydrogen-bond acceptors (Lipinski definition) is 6. The van der Waals surface area contributed by atoms with Gasteiger partial charge in [0.2, 0.25) is 0 Å². The maximum Gasteiger partial charge on any atom is 0.534 e. The minimum atomic E-state index is -5.71. The van der Waals surface area contributed by atoms with Crippen LogP contribution >= 0.6 is 11.3 Å². The molecule has 0 fully saturated rings. The molecule has 0 aliphatic rings. The number of benzene rings is 1. The molecule has 1 aromatic carbocycles. The molecule has 0 aliphatic heterocycles. The quantitative estimate of drug-likeness (QED) is 0.488. The molecule has 0 unspecified atom stereocenters. The second-order valence-corrected chi connectivity index (χ2v) is 6.28. The normalized spacial score (nSPS) is 12.4. The number of halogens is 3. The van der Waals surface area contributed by atoms with E-state index in [4.69, 9.17) is 4.74 Å². The molecule has 114 valence electrons. The van der Waals surface area contributed by atoms with Crippen LogP contribution in [-0.4, -0.2) is 19.9 Å². The lowest BCUT2D eigenvalue weighted by molar-refractivity contribution is -0.131. The van der Waals surface area contributed by atoms with Gasteiger partial charge in [-0.2, -0.15) is 21.6 Å². The van der Waals surface area contributed by atoms with Crippen molar-refractivity contribution in [2.75, 3.05) is 0 Å². The van der Waals surface area contributed by atoms with E-state index in [0.717, 1.165) is 23.5 Å².